The van der Waals surface area contributed by atoms with E-state index in [1.165, 1.54) is 11.3 Å². The first-order valence-electron chi connectivity index (χ1n) is 5.15. The van der Waals surface area contributed by atoms with Gasteiger partial charge in [0, 0.05) is 23.9 Å². The van der Waals surface area contributed by atoms with Crippen molar-refractivity contribution < 1.29 is 0 Å². The molecule has 0 fully saturated rings. The highest BCUT2D eigenvalue weighted by molar-refractivity contribution is 5.37. The number of hydrogen-bond acceptors (Lipinski definition) is 2. The zero-order valence-corrected chi connectivity index (χ0v) is 9.11. The maximum atomic E-state index is 11.6. The van der Waals surface area contributed by atoms with Crippen molar-refractivity contribution in [1.82, 2.24) is 9.55 Å². The maximum absolute atomic E-state index is 11.6. The molecule has 14 heavy (non-hydrogen) atoms. The Labute approximate surface area is 83.8 Å². The molecule has 0 bridgehead atoms. The smallest absolute Gasteiger partial charge is 0.293 e. The fourth-order valence-electron chi connectivity index (χ4n) is 2.24. The van der Waals surface area contributed by atoms with Crippen LogP contribution < -0.4 is 5.69 Å². The van der Waals surface area contributed by atoms with Crippen LogP contribution in [0.15, 0.2) is 11.0 Å². The minimum absolute atomic E-state index is 0.113. The molecule has 1 heterocycles. The predicted octanol–water partition coefficient (Wildman–Crippen LogP) is 2.04. The number of aromatic nitrogens is 2. The normalized spacial score (nSPS) is 24.6. The molecule has 0 aromatic carbocycles. The highest BCUT2D eigenvalue weighted by Crippen LogP contribution is 2.45. The Morgan fingerprint density at radius 2 is 2.00 bits per heavy atom. The minimum Gasteiger partial charge on any atom is -0.293 e. The van der Waals surface area contributed by atoms with E-state index < -0.39 is 0 Å². The molecule has 0 spiro atoms. The van der Waals surface area contributed by atoms with Crippen molar-refractivity contribution in [2.75, 3.05) is 0 Å². The van der Waals surface area contributed by atoms with Gasteiger partial charge >= 0.3 is 5.69 Å². The van der Waals surface area contributed by atoms with Gasteiger partial charge in [-0.05, 0) is 25.3 Å². The molecule has 3 heteroatoms. The van der Waals surface area contributed by atoms with Crippen molar-refractivity contribution in [1.29, 1.82) is 0 Å². The summed E-state index contributed by atoms with van der Waals surface area (Å²) >= 11 is 0. The molecule has 1 aromatic heterocycles. The molecule has 2 atom stereocenters. The van der Waals surface area contributed by atoms with Gasteiger partial charge in [-0.15, -0.1) is 0 Å². The average Bonchev–Trinajstić information content (AvgIpc) is 2.15. The Hall–Kier alpha value is -1.12. The van der Waals surface area contributed by atoms with Crippen LogP contribution in [0.25, 0.3) is 0 Å². The molecule has 0 saturated carbocycles. The molecule has 0 radical (unpaired) electrons. The SMILES string of the molecule is CC1c2cnc(=O)n(C(C)C)c2C1C. The zero-order chi connectivity index (χ0) is 10.5. The lowest BCUT2D eigenvalue weighted by atomic mass is 9.73. The summed E-state index contributed by atoms with van der Waals surface area (Å²) in [5.74, 6) is 1.03. The monoisotopic (exact) mass is 192 g/mol. The van der Waals surface area contributed by atoms with Crippen LogP contribution in [0, 0.1) is 0 Å². The Balaban J connectivity index is 2.66. The molecular formula is C11H16N2O. The van der Waals surface area contributed by atoms with Crippen molar-refractivity contribution in [2.24, 2.45) is 0 Å². The molecular weight excluding hydrogens is 176 g/mol. The van der Waals surface area contributed by atoms with Gasteiger partial charge < -0.3 is 0 Å². The fourth-order valence-corrected chi connectivity index (χ4v) is 2.24. The summed E-state index contributed by atoms with van der Waals surface area (Å²) in [4.78, 5) is 15.5. The molecule has 3 nitrogen and oxygen atoms in total. The summed E-state index contributed by atoms with van der Waals surface area (Å²) in [7, 11) is 0. The highest BCUT2D eigenvalue weighted by Gasteiger charge is 2.34. The highest BCUT2D eigenvalue weighted by atomic mass is 16.1. The van der Waals surface area contributed by atoms with Crippen LogP contribution in [-0.2, 0) is 0 Å². The molecule has 76 valence electrons. The van der Waals surface area contributed by atoms with Gasteiger partial charge in [-0.25, -0.2) is 9.78 Å². The first-order valence-corrected chi connectivity index (χ1v) is 5.15. The second-order valence-electron chi connectivity index (χ2n) is 4.42. The molecule has 0 N–H and O–H groups in total. The maximum Gasteiger partial charge on any atom is 0.347 e. The third-order valence-corrected chi connectivity index (χ3v) is 3.26. The summed E-state index contributed by atoms with van der Waals surface area (Å²) in [5, 5.41) is 0. The van der Waals surface area contributed by atoms with E-state index in [-0.39, 0.29) is 11.7 Å². The third-order valence-electron chi connectivity index (χ3n) is 3.26. The van der Waals surface area contributed by atoms with Crippen molar-refractivity contribution in [2.45, 2.75) is 45.6 Å². The largest absolute Gasteiger partial charge is 0.347 e. The van der Waals surface area contributed by atoms with Crippen LogP contribution in [0.3, 0.4) is 0 Å². The molecule has 1 aliphatic carbocycles. The van der Waals surface area contributed by atoms with E-state index in [4.69, 9.17) is 0 Å². The molecule has 2 rings (SSSR count). The lowest BCUT2D eigenvalue weighted by molar-refractivity contribution is 0.426. The van der Waals surface area contributed by atoms with Gasteiger partial charge in [0.25, 0.3) is 0 Å². The first-order chi connectivity index (χ1) is 6.54. The quantitative estimate of drug-likeness (QED) is 0.682. The van der Waals surface area contributed by atoms with Gasteiger partial charge in [-0.1, -0.05) is 13.8 Å². The van der Waals surface area contributed by atoms with Crippen molar-refractivity contribution in [3.8, 4) is 0 Å². The molecule has 0 saturated heterocycles. The predicted molar refractivity (Wildman–Crippen MR) is 55.7 cm³/mol. The third kappa shape index (κ3) is 1.04. The van der Waals surface area contributed by atoms with E-state index in [1.54, 1.807) is 6.20 Å². The van der Waals surface area contributed by atoms with Crippen LogP contribution in [0.2, 0.25) is 0 Å². The lowest BCUT2D eigenvalue weighted by Gasteiger charge is -2.37. The van der Waals surface area contributed by atoms with Crippen LogP contribution in [0.5, 0.6) is 0 Å². The van der Waals surface area contributed by atoms with Crippen LogP contribution in [0.1, 0.15) is 56.8 Å². The Morgan fingerprint density at radius 3 is 2.57 bits per heavy atom. The zero-order valence-electron chi connectivity index (χ0n) is 9.11. The summed E-state index contributed by atoms with van der Waals surface area (Å²) in [6.45, 7) is 8.41. The minimum atomic E-state index is -0.113. The molecule has 1 aliphatic rings. The van der Waals surface area contributed by atoms with E-state index in [0.29, 0.717) is 11.8 Å². The van der Waals surface area contributed by atoms with Gasteiger partial charge in [0.1, 0.15) is 0 Å². The summed E-state index contributed by atoms with van der Waals surface area (Å²) in [5.41, 5.74) is 2.32. The lowest BCUT2D eigenvalue weighted by Crippen LogP contribution is -2.36. The summed E-state index contributed by atoms with van der Waals surface area (Å²) in [6, 6.07) is 0.208. The van der Waals surface area contributed by atoms with Crippen LogP contribution in [0.4, 0.5) is 0 Å². The molecule has 1 aromatic rings. The van der Waals surface area contributed by atoms with E-state index in [0.717, 1.165) is 0 Å². The number of nitrogens with zero attached hydrogens (tertiary/aromatic N) is 2. The van der Waals surface area contributed by atoms with Crippen molar-refractivity contribution in [3.05, 3.63) is 27.9 Å². The van der Waals surface area contributed by atoms with Gasteiger partial charge in [-0.2, -0.15) is 0 Å². The van der Waals surface area contributed by atoms with Gasteiger partial charge in [0.15, 0.2) is 0 Å². The van der Waals surface area contributed by atoms with E-state index in [9.17, 15) is 4.79 Å². The number of fused-ring (bicyclic) bond motifs is 1. The Morgan fingerprint density at radius 1 is 1.36 bits per heavy atom. The van der Waals surface area contributed by atoms with Crippen LogP contribution >= 0.6 is 0 Å². The van der Waals surface area contributed by atoms with E-state index in [1.807, 2.05) is 18.4 Å². The second kappa shape index (κ2) is 2.94. The summed E-state index contributed by atoms with van der Waals surface area (Å²) < 4.78 is 1.82. The number of hydrogen-bond donors (Lipinski definition) is 0. The van der Waals surface area contributed by atoms with Crippen molar-refractivity contribution >= 4 is 0 Å². The summed E-state index contributed by atoms with van der Waals surface area (Å²) in [6.07, 6.45) is 1.74. The second-order valence-corrected chi connectivity index (χ2v) is 4.42. The van der Waals surface area contributed by atoms with Gasteiger partial charge in [-0.3, -0.25) is 4.57 Å². The Bertz CT molecular complexity index is 420. The van der Waals surface area contributed by atoms with Crippen molar-refractivity contribution in [3.63, 3.8) is 0 Å². The number of rotatable bonds is 1. The Kier molecular flexibility index (Phi) is 1.98. The van der Waals surface area contributed by atoms with Gasteiger partial charge in [0.05, 0.1) is 0 Å². The fraction of sp³-hybridized carbons (Fsp3) is 0.636. The van der Waals surface area contributed by atoms with E-state index in [2.05, 4.69) is 18.8 Å². The standard InChI is InChI=1S/C11H16N2O/c1-6(2)13-10-8(4)7(3)9(10)5-12-11(13)14/h5-8H,1-4H3. The first kappa shape index (κ1) is 9.44. The van der Waals surface area contributed by atoms with Crippen LogP contribution in [-0.4, -0.2) is 9.55 Å². The molecule has 0 aliphatic heterocycles. The average molecular weight is 192 g/mol. The van der Waals surface area contributed by atoms with Gasteiger partial charge in [0.2, 0.25) is 0 Å². The topological polar surface area (TPSA) is 34.9 Å². The molecule has 0 amide bonds. The van der Waals surface area contributed by atoms with E-state index >= 15 is 0 Å². The molecule has 2 unspecified atom stereocenters.